The second kappa shape index (κ2) is 3.55. The summed E-state index contributed by atoms with van der Waals surface area (Å²) in [5, 5.41) is 0. The third kappa shape index (κ3) is 1.74. The minimum absolute atomic E-state index is 0.243. The van der Waals surface area contributed by atoms with E-state index in [4.69, 9.17) is 10.5 Å². The van der Waals surface area contributed by atoms with E-state index < -0.39 is 0 Å². The zero-order valence-electron chi connectivity index (χ0n) is 7.60. The molecule has 1 atom stereocenters. The van der Waals surface area contributed by atoms with Gasteiger partial charge in [0.2, 0.25) is 0 Å². The van der Waals surface area contributed by atoms with Gasteiger partial charge in [0.1, 0.15) is 0 Å². The number of hydrogen-bond donors (Lipinski definition) is 1. The standard InChI is InChI=1S/C9H19NO/c1-9(6-10,7-11-2)8-4-3-5-8/h8H,3-7,10H2,1-2H3. The van der Waals surface area contributed by atoms with E-state index in [0.717, 1.165) is 19.1 Å². The van der Waals surface area contributed by atoms with Crippen LogP contribution in [0.5, 0.6) is 0 Å². The minimum atomic E-state index is 0.243. The molecule has 0 spiro atoms. The van der Waals surface area contributed by atoms with E-state index in [0.29, 0.717) is 0 Å². The fourth-order valence-corrected chi connectivity index (χ4v) is 1.78. The predicted octanol–water partition coefficient (Wildman–Crippen LogP) is 1.40. The molecule has 0 aliphatic heterocycles. The molecule has 0 heterocycles. The van der Waals surface area contributed by atoms with E-state index in [2.05, 4.69) is 6.92 Å². The fourth-order valence-electron chi connectivity index (χ4n) is 1.78. The van der Waals surface area contributed by atoms with Gasteiger partial charge in [-0.05, 0) is 18.8 Å². The van der Waals surface area contributed by atoms with Crippen molar-refractivity contribution in [1.82, 2.24) is 0 Å². The van der Waals surface area contributed by atoms with Crippen molar-refractivity contribution >= 4 is 0 Å². The predicted molar refractivity (Wildman–Crippen MR) is 46.4 cm³/mol. The monoisotopic (exact) mass is 157 g/mol. The van der Waals surface area contributed by atoms with Crippen LogP contribution in [0.25, 0.3) is 0 Å². The summed E-state index contributed by atoms with van der Waals surface area (Å²) >= 11 is 0. The molecule has 0 bridgehead atoms. The Hall–Kier alpha value is -0.0800. The van der Waals surface area contributed by atoms with Gasteiger partial charge >= 0.3 is 0 Å². The van der Waals surface area contributed by atoms with Gasteiger partial charge in [-0.15, -0.1) is 0 Å². The fraction of sp³-hybridized carbons (Fsp3) is 1.00. The van der Waals surface area contributed by atoms with Gasteiger partial charge in [0, 0.05) is 19.1 Å². The van der Waals surface area contributed by atoms with Crippen molar-refractivity contribution in [2.24, 2.45) is 17.1 Å². The molecule has 0 amide bonds. The van der Waals surface area contributed by atoms with Gasteiger partial charge in [-0.2, -0.15) is 0 Å². The van der Waals surface area contributed by atoms with Gasteiger partial charge < -0.3 is 10.5 Å². The van der Waals surface area contributed by atoms with Crippen molar-refractivity contribution in [2.75, 3.05) is 20.3 Å². The average molecular weight is 157 g/mol. The molecule has 0 aromatic carbocycles. The Labute approximate surface area is 69.1 Å². The van der Waals surface area contributed by atoms with Gasteiger partial charge in [-0.1, -0.05) is 13.3 Å². The van der Waals surface area contributed by atoms with Gasteiger partial charge in [0.15, 0.2) is 0 Å². The molecule has 0 radical (unpaired) electrons. The van der Waals surface area contributed by atoms with E-state index in [1.54, 1.807) is 7.11 Å². The van der Waals surface area contributed by atoms with Crippen LogP contribution in [0.1, 0.15) is 26.2 Å². The third-order valence-electron chi connectivity index (χ3n) is 3.03. The number of methoxy groups -OCH3 is 1. The Morgan fingerprint density at radius 3 is 2.45 bits per heavy atom. The highest BCUT2D eigenvalue weighted by molar-refractivity contribution is 4.88. The highest BCUT2D eigenvalue weighted by atomic mass is 16.5. The van der Waals surface area contributed by atoms with Gasteiger partial charge in [0.05, 0.1) is 6.61 Å². The first kappa shape index (κ1) is 9.01. The van der Waals surface area contributed by atoms with Crippen molar-refractivity contribution < 1.29 is 4.74 Å². The Bertz CT molecular complexity index is 123. The van der Waals surface area contributed by atoms with Crippen LogP contribution < -0.4 is 5.73 Å². The van der Waals surface area contributed by atoms with Crippen molar-refractivity contribution in [2.45, 2.75) is 26.2 Å². The average Bonchev–Trinajstić information content (AvgIpc) is 1.84. The molecule has 0 aromatic rings. The third-order valence-corrected chi connectivity index (χ3v) is 3.03. The lowest BCUT2D eigenvalue weighted by molar-refractivity contribution is 0.0181. The van der Waals surface area contributed by atoms with Crippen molar-refractivity contribution in [3.63, 3.8) is 0 Å². The second-order valence-electron chi connectivity index (χ2n) is 3.92. The minimum Gasteiger partial charge on any atom is -0.384 e. The molecule has 1 rings (SSSR count). The zero-order valence-corrected chi connectivity index (χ0v) is 7.60. The Morgan fingerprint density at radius 1 is 1.55 bits per heavy atom. The molecule has 2 nitrogen and oxygen atoms in total. The summed E-state index contributed by atoms with van der Waals surface area (Å²) in [6, 6.07) is 0. The lowest BCUT2D eigenvalue weighted by atomic mass is 9.66. The molecule has 1 saturated carbocycles. The Balaban J connectivity index is 2.43. The van der Waals surface area contributed by atoms with Crippen molar-refractivity contribution in [3.8, 4) is 0 Å². The molecule has 0 saturated heterocycles. The maximum atomic E-state index is 5.72. The Morgan fingerprint density at radius 2 is 2.18 bits per heavy atom. The topological polar surface area (TPSA) is 35.2 Å². The summed E-state index contributed by atoms with van der Waals surface area (Å²) in [6.45, 7) is 3.81. The van der Waals surface area contributed by atoms with Crippen LogP contribution in [-0.2, 0) is 4.74 Å². The van der Waals surface area contributed by atoms with Crippen LogP contribution in [0, 0.1) is 11.3 Å². The second-order valence-corrected chi connectivity index (χ2v) is 3.92. The molecule has 1 fully saturated rings. The Kier molecular flexibility index (Phi) is 2.90. The first-order chi connectivity index (χ1) is 5.23. The lowest BCUT2D eigenvalue weighted by Gasteiger charge is -2.41. The molecule has 2 N–H and O–H groups in total. The SMILES string of the molecule is COCC(C)(CN)C1CCC1. The first-order valence-corrected chi connectivity index (χ1v) is 4.42. The van der Waals surface area contributed by atoms with E-state index in [1.165, 1.54) is 19.3 Å². The van der Waals surface area contributed by atoms with E-state index >= 15 is 0 Å². The summed E-state index contributed by atoms with van der Waals surface area (Å²) in [5.74, 6) is 0.812. The van der Waals surface area contributed by atoms with Crippen LogP contribution in [-0.4, -0.2) is 20.3 Å². The van der Waals surface area contributed by atoms with Crippen LogP contribution in [0.3, 0.4) is 0 Å². The number of rotatable bonds is 4. The largest absolute Gasteiger partial charge is 0.384 e. The highest BCUT2D eigenvalue weighted by Gasteiger charge is 2.36. The van der Waals surface area contributed by atoms with Crippen LogP contribution >= 0.6 is 0 Å². The summed E-state index contributed by atoms with van der Waals surface area (Å²) in [5.41, 5.74) is 5.97. The molecular weight excluding hydrogens is 138 g/mol. The molecule has 0 aromatic heterocycles. The van der Waals surface area contributed by atoms with Crippen LogP contribution in [0.4, 0.5) is 0 Å². The maximum Gasteiger partial charge on any atom is 0.0530 e. The lowest BCUT2D eigenvalue weighted by Crippen LogP contribution is -2.42. The number of hydrogen-bond acceptors (Lipinski definition) is 2. The molecule has 1 aliphatic rings. The summed E-state index contributed by atoms with van der Waals surface area (Å²) in [6.07, 6.45) is 4.07. The molecule has 11 heavy (non-hydrogen) atoms. The first-order valence-electron chi connectivity index (χ1n) is 4.42. The van der Waals surface area contributed by atoms with Gasteiger partial charge in [-0.3, -0.25) is 0 Å². The smallest absolute Gasteiger partial charge is 0.0530 e. The molecule has 66 valence electrons. The van der Waals surface area contributed by atoms with Gasteiger partial charge in [-0.25, -0.2) is 0 Å². The van der Waals surface area contributed by atoms with Crippen LogP contribution in [0.2, 0.25) is 0 Å². The number of nitrogens with two attached hydrogens (primary N) is 1. The zero-order chi connectivity index (χ0) is 8.32. The quantitative estimate of drug-likeness (QED) is 0.669. The van der Waals surface area contributed by atoms with Gasteiger partial charge in [0.25, 0.3) is 0 Å². The van der Waals surface area contributed by atoms with Crippen LogP contribution in [0.15, 0.2) is 0 Å². The molecule has 2 heteroatoms. The molecule has 1 aliphatic carbocycles. The molecular formula is C9H19NO. The highest BCUT2D eigenvalue weighted by Crippen LogP contribution is 2.41. The van der Waals surface area contributed by atoms with E-state index in [-0.39, 0.29) is 5.41 Å². The van der Waals surface area contributed by atoms with Crippen molar-refractivity contribution in [1.29, 1.82) is 0 Å². The maximum absolute atomic E-state index is 5.72. The molecule has 1 unspecified atom stereocenters. The number of ether oxygens (including phenoxy) is 1. The normalized spacial score (nSPS) is 24.3. The van der Waals surface area contributed by atoms with Crippen molar-refractivity contribution in [3.05, 3.63) is 0 Å². The summed E-state index contributed by atoms with van der Waals surface area (Å²) in [7, 11) is 1.76. The summed E-state index contributed by atoms with van der Waals surface area (Å²) in [4.78, 5) is 0. The van der Waals surface area contributed by atoms with E-state index in [1.807, 2.05) is 0 Å². The van der Waals surface area contributed by atoms with E-state index in [9.17, 15) is 0 Å². The summed E-state index contributed by atoms with van der Waals surface area (Å²) < 4.78 is 5.17.